The van der Waals surface area contributed by atoms with Crippen LogP contribution in [0.4, 0.5) is 5.69 Å². The number of benzene rings is 2. The van der Waals surface area contributed by atoms with Crippen molar-refractivity contribution in [2.24, 2.45) is 5.92 Å². The van der Waals surface area contributed by atoms with E-state index in [4.69, 9.17) is 16.3 Å². The normalized spacial score (nSPS) is 19.4. The van der Waals surface area contributed by atoms with Gasteiger partial charge in [0.1, 0.15) is 5.75 Å². The maximum atomic E-state index is 13.3. The van der Waals surface area contributed by atoms with Crippen molar-refractivity contribution in [2.45, 2.75) is 44.2 Å². The van der Waals surface area contributed by atoms with Crippen LogP contribution in [-0.4, -0.2) is 43.7 Å². The first kappa shape index (κ1) is 23.5. The summed E-state index contributed by atoms with van der Waals surface area (Å²) in [7, 11) is -3.77. The maximum absolute atomic E-state index is 13.3. The van der Waals surface area contributed by atoms with Crippen molar-refractivity contribution in [3.63, 3.8) is 0 Å². The summed E-state index contributed by atoms with van der Waals surface area (Å²) in [5, 5.41) is 6.29. The average Bonchev–Trinajstić information content (AvgIpc) is 2.79. The second kappa shape index (κ2) is 9.32. The molecule has 0 bridgehead atoms. The molecule has 2 heterocycles. The van der Waals surface area contributed by atoms with Gasteiger partial charge in [0.2, 0.25) is 15.9 Å². The van der Waals surface area contributed by atoms with Gasteiger partial charge in [-0.25, -0.2) is 8.42 Å². The summed E-state index contributed by atoms with van der Waals surface area (Å²) in [6.45, 7) is 4.21. The van der Waals surface area contributed by atoms with Crippen LogP contribution in [0.15, 0.2) is 41.3 Å². The molecule has 2 N–H and O–H groups in total. The monoisotopic (exact) mass is 491 g/mol. The summed E-state index contributed by atoms with van der Waals surface area (Å²) in [4.78, 5) is 24.6. The lowest BCUT2D eigenvalue weighted by Crippen LogP contribution is -2.43. The van der Waals surface area contributed by atoms with Gasteiger partial charge >= 0.3 is 0 Å². The topological polar surface area (TPSA) is 105 Å². The Morgan fingerprint density at radius 1 is 1.21 bits per heavy atom. The summed E-state index contributed by atoms with van der Waals surface area (Å²) in [5.74, 6) is -0.255. The number of aryl methyl sites for hydroxylation is 1. The molecule has 0 aromatic heterocycles. The number of carbonyl (C=O) groups excluding carboxylic acids is 2. The quantitative estimate of drug-likeness (QED) is 0.668. The van der Waals surface area contributed by atoms with E-state index >= 15 is 0 Å². The lowest BCUT2D eigenvalue weighted by Gasteiger charge is -2.31. The molecule has 2 amide bonds. The number of hydrogen-bond acceptors (Lipinski definition) is 5. The number of amides is 2. The van der Waals surface area contributed by atoms with Gasteiger partial charge in [0.05, 0.1) is 10.6 Å². The van der Waals surface area contributed by atoms with Gasteiger partial charge in [0.25, 0.3) is 5.91 Å². The molecule has 2 aliphatic heterocycles. The third-order valence-electron chi connectivity index (χ3n) is 6.03. The summed E-state index contributed by atoms with van der Waals surface area (Å²) in [5.41, 5.74) is 1.93. The van der Waals surface area contributed by atoms with Crippen molar-refractivity contribution >= 4 is 39.1 Å². The molecule has 0 radical (unpaired) electrons. The molecule has 2 aliphatic rings. The molecule has 1 fully saturated rings. The Bertz CT molecular complexity index is 1180. The van der Waals surface area contributed by atoms with Gasteiger partial charge in [-0.15, -0.1) is 0 Å². The van der Waals surface area contributed by atoms with E-state index in [1.807, 2.05) is 12.1 Å². The van der Waals surface area contributed by atoms with E-state index in [9.17, 15) is 18.0 Å². The Morgan fingerprint density at radius 3 is 2.55 bits per heavy atom. The molecule has 176 valence electrons. The highest BCUT2D eigenvalue weighted by Gasteiger charge is 2.34. The van der Waals surface area contributed by atoms with Crippen molar-refractivity contribution in [1.29, 1.82) is 0 Å². The predicted octanol–water partition coefficient (Wildman–Crippen LogP) is 3.08. The lowest BCUT2D eigenvalue weighted by molar-refractivity contribution is -0.126. The van der Waals surface area contributed by atoms with Crippen molar-refractivity contribution < 1.29 is 22.7 Å². The Hall–Kier alpha value is -2.62. The van der Waals surface area contributed by atoms with Gasteiger partial charge in [-0.1, -0.05) is 23.7 Å². The van der Waals surface area contributed by atoms with Gasteiger partial charge in [0.15, 0.2) is 6.10 Å². The second-order valence-corrected chi connectivity index (χ2v) is 10.7. The average molecular weight is 492 g/mol. The molecule has 1 atom stereocenters. The molecule has 0 spiro atoms. The van der Waals surface area contributed by atoms with E-state index in [-0.39, 0.29) is 35.7 Å². The number of carbonyl (C=O) groups is 2. The van der Waals surface area contributed by atoms with E-state index in [1.165, 1.54) is 10.4 Å². The van der Waals surface area contributed by atoms with Gasteiger partial charge < -0.3 is 15.4 Å². The van der Waals surface area contributed by atoms with E-state index < -0.39 is 16.1 Å². The summed E-state index contributed by atoms with van der Waals surface area (Å²) < 4.78 is 33.6. The number of hydrogen-bond donors (Lipinski definition) is 2. The first-order valence-corrected chi connectivity index (χ1v) is 12.6. The number of anilines is 1. The molecule has 8 nitrogen and oxygen atoms in total. The van der Waals surface area contributed by atoms with Crippen molar-refractivity contribution in [3.05, 3.63) is 52.5 Å². The SMILES string of the molecule is Cc1cc2c(cc1S(=O)(=O)N1CCC(C(=O)NCc3ccc(Cl)cc3)CC1)O[C@H](C)C(=O)N2. The molecule has 1 saturated heterocycles. The number of fused-ring (bicyclic) bond motifs is 1. The highest BCUT2D eigenvalue weighted by Crippen LogP contribution is 2.36. The van der Waals surface area contributed by atoms with Crippen LogP contribution in [0.3, 0.4) is 0 Å². The molecular weight excluding hydrogens is 466 g/mol. The summed E-state index contributed by atoms with van der Waals surface area (Å²) >= 11 is 5.88. The Morgan fingerprint density at radius 2 is 1.88 bits per heavy atom. The molecule has 10 heteroatoms. The van der Waals surface area contributed by atoms with E-state index in [0.717, 1.165) is 5.56 Å². The lowest BCUT2D eigenvalue weighted by atomic mass is 9.97. The van der Waals surface area contributed by atoms with Crippen LogP contribution < -0.4 is 15.4 Å². The first-order chi connectivity index (χ1) is 15.6. The standard InChI is InChI=1S/C23H26ClN3O5S/c1-14-11-19-20(32-15(2)22(28)26-19)12-21(14)33(30,31)27-9-7-17(8-10-27)23(29)25-13-16-3-5-18(24)6-4-16/h3-6,11-12,15,17H,7-10,13H2,1-2H3,(H,25,29)(H,26,28)/t15-/m1/s1. The number of ether oxygens (including phenoxy) is 1. The second-order valence-electron chi connectivity index (χ2n) is 8.39. The number of halogens is 1. The van der Waals surface area contributed by atoms with Crippen LogP contribution in [0.1, 0.15) is 30.9 Å². The van der Waals surface area contributed by atoms with E-state index in [2.05, 4.69) is 10.6 Å². The number of piperidine rings is 1. The fourth-order valence-electron chi connectivity index (χ4n) is 4.05. The van der Waals surface area contributed by atoms with Crippen LogP contribution >= 0.6 is 11.6 Å². The third-order valence-corrected chi connectivity index (χ3v) is 8.32. The van der Waals surface area contributed by atoms with Crippen LogP contribution in [0.2, 0.25) is 5.02 Å². The Kier molecular flexibility index (Phi) is 6.65. The third kappa shape index (κ3) is 5.00. The Balaban J connectivity index is 1.40. The molecule has 0 unspecified atom stereocenters. The number of nitrogens with zero attached hydrogens (tertiary/aromatic N) is 1. The van der Waals surface area contributed by atoms with Gasteiger partial charge in [0, 0.05) is 36.6 Å². The minimum absolute atomic E-state index is 0.0786. The number of sulfonamides is 1. The minimum atomic E-state index is -3.77. The van der Waals surface area contributed by atoms with Crippen LogP contribution in [-0.2, 0) is 26.2 Å². The zero-order valence-electron chi connectivity index (χ0n) is 18.4. The smallest absolute Gasteiger partial charge is 0.265 e. The largest absolute Gasteiger partial charge is 0.479 e. The van der Waals surface area contributed by atoms with E-state index in [0.29, 0.717) is 41.4 Å². The minimum Gasteiger partial charge on any atom is -0.479 e. The predicted molar refractivity (Wildman–Crippen MR) is 125 cm³/mol. The maximum Gasteiger partial charge on any atom is 0.265 e. The van der Waals surface area contributed by atoms with Crippen LogP contribution in [0, 0.1) is 12.8 Å². The Labute approximate surface area is 198 Å². The summed E-state index contributed by atoms with van der Waals surface area (Å²) in [6.07, 6.45) is 0.191. The van der Waals surface area contributed by atoms with Crippen molar-refractivity contribution in [3.8, 4) is 5.75 Å². The van der Waals surface area contributed by atoms with Crippen molar-refractivity contribution in [2.75, 3.05) is 18.4 Å². The molecule has 4 rings (SSSR count). The zero-order valence-corrected chi connectivity index (χ0v) is 20.0. The fraction of sp³-hybridized carbons (Fsp3) is 0.391. The molecule has 2 aromatic rings. The highest BCUT2D eigenvalue weighted by molar-refractivity contribution is 7.89. The molecule has 0 saturated carbocycles. The number of nitrogens with one attached hydrogen (secondary N) is 2. The first-order valence-electron chi connectivity index (χ1n) is 10.8. The fourth-order valence-corrected chi connectivity index (χ4v) is 5.87. The van der Waals surface area contributed by atoms with E-state index in [1.54, 1.807) is 32.0 Å². The zero-order chi connectivity index (χ0) is 23.8. The molecule has 0 aliphatic carbocycles. The van der Waals surface area contributed by atoms with Gasteiger partial charge in [-0.3, -0.25) is 9.59 Å². The number of rotatable bonds is 5. The molecular formula is C23H26ClN3O5S. The summed E-state index contributed by atoms with van der Waals surface area (Å²) in [6, 6.07) is 10.3. The van der Waals surface area contributed by atoms with Crippen molar-refractivity contribution in [1.82, 2.24) is 9.62 Å². The molecule has 33 heavy (non-hydrogen) atoms. The van der Waals surface area contributed by atoms with Crippen LogP contribution in [0.5, 0.6) is 5.75 Å². The van der Waals surface area contributed by atoms with Gasteiger partial charge in [-0.05, 0) is 56.0 Å². The highest BCUT2D eigenvalue weighted by atomic mass is 35.5. The molecule has 2 aromatic carbocycles. The van der Waals surface area contributed by atoms with Gasteiger partial charge in [-0.2, -0.15) is 4.31 Å². The van der Waals surface area contributed by atoms with Crippen LogP contribution in [0.25, 0.3) is 0 Å².